The molecule has 0 atom stereocenters. The van der Waals surface area contributed by atoms with E-state index in [1.165, 1.54) is 0 Å². The molecule has 0 saturated carbocycles. The monoisotopic (exact) mass is 270 g/mol. The molecule has 0 saturated heterocycles. The Bertz CT molecular complexity index is 385. The topological polar surface area (TPSA) is 52.6 Å². The lowest BCUT2D eigenvalue weighted by molar-refractivity contribution is -0.116. The normalized spacial score (nSPS) is 10.7. The average Bonchev–Trinajstić information content (AvgIpc) is 2.34. The van der Waals surface area contributed by atoms with Crippen LogP contribution in [0.15, 0.2) is 24.3 Å². The average molecular weight is 271 g/mol. The third-order valence-corrected chi connectivity index (χ3v) is 2.86. The van der Waals surface area contributed by atoms with E-state index in [9.17, 15) is 4.79 Å². The number of amides is 1. The highest BCUT2D eigenvalue weighted by Gasteiger charge is 2.06. The second-order valence-electron chi connectivity index (χ2n) is 3.97. The fourth-order valence-electron chi connectivity index (χ4n) is 1.62. The predicted molar refractivity (Wildman–Crippen MR) is 73.9 cm³/mol. The van der Waals surface area contributed by atoms with Crippen LogP contribution in [0.4, 0.5) is 5.69 Å². The Balaban J connectivity index is 2.37. The van der Waals surface area contributed by atoms with Crippen LogP contribution in [0.2, 0.25) is 5.02 Å². The Labute approximate surface area is 113 Å². The van der Waals surface area contributed by atoms with Crippen LogP contribution in [0.5, 0.6) is 0 Å². The second kappa shape index (κ2) is 8.08. The molecule has 100 valence electrons. The molecule has 2 N–H and O–H groups in total. The quantitative estimate of drug-likeness (QED) is 0.797. The number of aliphatic hydroxyl groups excluding tert-OH is 1. The van der Waals surface area contributed by atoms with Gasteiger partial charge in [-0.15, -0.1) is 0 Å². The highest BCUT2D eigenvalue weighted by Crippen LogP contribution is 2.14. The lowest BCUT2D eigenvalue weighted by Gasteiger charge is -2.18. The van der Waals surface area contributed by atoms with Crippen molar-refractivity contribution >= 4 is 23.2 Å². The van der Waals surface area contributed by atoms with Crippen LogP contribution < -0.4 is 5.32 Å². The van der Waals surface area contributed by atoms with Crippen LogP contribution in [0.3, 0.4) is 0 Å². The van der Waals surface area contributed by atoms with Gasteiger partial charge in [-0.05, 0) is 24.7 Å². The van der Waals surface area contributed by atoms with Gasteiger partial charge in [0.25, 0.3) is 0 Å². The smallest absolute Gasteiger partial charge is 0.225 e. The standard InChI is InChI=1S/C13H19ClN2O2/c1-2-16(8-9-17)7-6-13(18)15-12-5-3-4-11(14)10-12/h3-5,10,17H,2,6-9H2,1H3,(H,15,18). The van der Waals surface area contributed by atoms with Crippen molar-refractivity contribution in [2.75, 3.05) is 31.6 Å². The molecule has 1 aromatic carbocycles. The number of hydrogen-bond donors (Lipinski definition) is 2. The van der Waals surface area contributed by atoms with Gasteiger partial charge in [-0.2, -0.15) is 0 Å². The van der Waals surface area contributed by atoms with Crippen molar-refractivity contribution in [1.82, 2.24) is 4.90 Å². The molecule has 5 heteroatoms. The van der Waals surface area contributed by atoms with Gasteiger partial charge >= 0.3 is 0 Å². The summed E-state index contributed by atoms with van der Waals surface area (Å²) in [4.78, 5) is 13.7. The van der Waals surface area contributed by atoms with Crippen LogP contribution in [0.1, 0.15) is 13.3 Å². The minimum atomic E-state index is -0.0475. The zero-order valence-corrected chi connectivity index (χ0v) is 11.3. The summed E-state index contributed by atoms with van der Waals surface area (Å²) >= 11 is 5.83. The molecule has 0 heterocycles. The van der Waals surface area contributed by atoms with Gasteiger partial charge in [0, 0.05) is 30.2 Å². The van der Waals surface area contributed by atoms with Crippen LogP contribution in [-0.4, -0.2) is 42.2 Å². The first-order valence-electron chi connectivity index (χ1n) is 6.04. The number of nitrogens with zero attached hydrogens (tertiary/aromatic N) is 1. The number of carbonyl (C=O) groups is 1. The van der Waals surface area contributed by atoms with E-state index in [0.717, 1.165) is 6.54 Å². The summed E-state index contributed by atoms with van der Waals surface area (Å²) in [6.07, 6.45) is 0.403. The molecule has 1 rings (SSSR count). The van der Waals surface area contributed by atoms with Crippen LogP contribution >= 0.6 is 11.6 Å². The van der Waals surface area contributed by atoms with Gasteiger partial charge in [0.15, 0.2) is 0 Å². The van der Waals surface area contributed by atoms with Crippen molar-refractivity contribution in [3.8, 4) is 0 Å². The molecule has 4 nitrogen and oxygen atoms in total. The molecular weight excluding hydrogens is 252 g/mol. The summed E-state index contributed by atoms with van der Waals surface area (Å²) in [5.41, 5.74) is 0.706. The molecule has 1 aromatic rings. The van der Waals surface area contributed by atoms with Gasteiger partial charge in [-0.3, -0.25) is 4.79 Å². The molecule has 0 aliphatic heterocycles. The zero-order chi connectivity index (χ0) is 13.4. The maximum absolute atomic E-state index is 11.7. The predicted octanol–water partition coefficient (Wildman–Crippen LogP) is 1.98. The molecule has 18 heavy (non-hydrogen) atoms. The van der Waals surface area contributed by atoms with Gasteiger partial charge in [0.05, 0.1) is 6.61 Å². The first-order valence-corrected chi connectivity index (χ1v) is 6.42. The fraction of sp³-hybridized carbons (Fsp3) is 0.462. The minimum absolute atomic E-state index is 0.0475. The Hall–Kier alpha value is -1.10. The Kier molecular flexibility index (Phi) is 6.72. The molecule has 0 spiro atoms. The number of rotatable bonds is 7. The van der Waals surface area contributed by atoms with E-state index in [1.54, 1.807) is 24.3 Å². The largest absolute Gasteiger partial charge is 0.395 e. The van der Waals surface area contributed by atoms with Crippen molar-refractivity contribution in [1.29, 1.82) is 0 Å². The van der Waals surface area contributed by atoms with Gasteiger partial charge in [-0.25, -0.2) is 0 Å². The van der Waals surface area contributed by atoms with E-state index in [-0.39, 0.29) is 12.5 Å². The molecule has 0 aromatic heterocycles. The van der Waals surface area contributed by atoms with Gasteiger partial charge in [0.1, 0.15) is 0 Å². The summed E-state index contributed by atoms with van der Waals surface area (Å²) in [5.74, 6) is -0.0475. The van der Waals surface area contributed by atoms with Crippen molar-refractivity contribution < 1.29 is 9.90 Å². The van der Waals surface area contributed by atoms with E-state index in [4.69, 9.17) is 16.7 Å². The second-order valence-corrected chi connectivity index (χ2v) is 4.40. The van der Waals surface area contributed by atoms with Gasteiger partial charge in [0.2, 0.25) is 5.91 Å². The Morgan fingerprint density at radius 3 is 2.83 bits per heavy atom. The third kappa shape index (κ3) is 5.49. The Morgan fingerprint density at radius 2 is 2.22 bits per heavy atom. The summed E-state index contributed by atoms with van der Waals surface area (Å²) in [6, 6.07) is 7.07. The summed E-state index contributed by atoms with van der Waals surface area (Å²) in [6.45, 7) is 4.18. The molecule has 0 radical (unpaired) electrons. The number of aliphatic hydroxyl groups is 1. The lowest BCUT2D eigenvalue weighted by atomic mass is 10.3. The highest BCUT2D eigenvalue weighted by atomic mass is 35.5. The molecule has 0 fully saturated rings. The molecule has 0 aliphatic rings. The number of anilines is 1. The maximum Gasteiger partial charge on any atom is 0.225 e. The van der Waals surface area contributed by atoms with Crippen molar-refractivity contribution in [3.63, 3.8) is 0 Å². The van der Waals surface area contributed by atoms with E-state index in [0.29, 0.717) is 30.2 Å². The summed E-state index contributed by atoms with van der Waals surface area (Å²) in [7, 11) is 0. The summed E-state index contributed by atoms with van der Waals surface area (Å²) < 4.78 is 0. The van der Waals surface area contributed by atoms with Crippen molar-refractivity contribution in [2.45, 2.75) is 13.3 Å². The highest BCUT2D eigenvalue weighted by molar-refractivity contribution is 6.30. The zero-order valence-electron chi connectivity index (χ0n) is 10.5. The van der Waals surface area contributed by atoms with Crippen LogP contribution in [0.25, 0.3) is 0 Å². The molecule has 1 amide bonds. The fourth-order valence-corrected chi connectivity index (χ4v) is 1.81. The van der Waals surface area contributed by atoms with Crippen LogP contribution in [-0.2, 0) is 4.79 Å². The number of hydrogen-bond acceptors (Lipinski definition) is 3. The minimum Gasteiger partial charge on any atom is -0.395 e. The maximum atomic E-state index is 11.7. The number of nitrogens with one attached hydrogen (secondary N) is 1. The molecule has 0 aliphatic carbocycles. The third-order valence-electron chi connectivity index (χ3n) is 2.63. The Morgan fingerprint density at radius 1 is 1.44 bits per heavy atom. The summed E-state index contributed by atoms with van der Waals surface area (Å²) in [5, 5.41) is 12.2. The molecule has 0 bridgehead atoms. The van der Waals surface area contributed by atoms with E-state index >= 15 is 0 Å². The van der Waals surface area contributed by atoms with Gasteiger partial charge in [-0.1, -0.05) is 24.6 Å². The van der Waals surface area contributed by atoms with Crippen molar-refractivity contribution in [3.05, 3.63) is 29.3 Å². The van der Waals surface area contributed by atoms with E-state index < -0.39 is 0 Å². The van der Waals surface area contributed by atoms with E-state index in [1.807, 2.05) is 11.8 Å². The lowest BCUT2D eigenvalue weighted by Crippen LogP contribution is -2.30. The number of halogens is 1. The first kappa shape index (κ1) is 15.0. The van der Waals surface area contributed by atoms with Gasteiger partial charge < -0.3 is 15.3 Å². The van der Waals surface area contributed by atoms with Crippen LogP contribution in [0, 0.1) is 0 Å². The number of carbonyl (C=O) groups excluding carboxylic acids is 1. The molecular formula is C13H19ClN2O2. The van der Waals surface area contributed by atoms with Crippen molar-refractivity contribution in [2.24, 2.45) is 0 Å². The first-order chi connectivity index (χ1) is 8.65. The number of benzene rings is 1. The number of likely N-dealkylation sites (N-methyl/N-ethyl adjacent to an activating group) is 1. The molecule has 0 unspecified atom stereocenters. The SMILES string of the molecule is CCN(CCO)CCC(=O)Nc1cccc(Cl)c1. The van der Waals surface area contributed by atoms with E-state index in [2.05, 4.69) is 5.32 Å².